The fourth-order valence-electron chi connectivity index (χ4n) is 1.64. The number of hydrogen-bond donors (Lipinski definition) is 2. The van der Waals surface area contributed by atoms with Gasteiger partial charge in [-0.1, -0.05) is 0 Å². The minimum Gasteiger partial charge on any atom is -0.480 e. The van der Waals surface area contributed by atoms with E-state index >= 15 is 0 Å². The van der Waals surface area contributed by atoms with Crippen molar-refractivity contribution in [2.24, 2.45) is 0 Å². The lowest BCUT2D eigenvalue weighted by Gasteiger charge is -2.07. The Balaban J connectivity index is 2.00. The second-order valence-electron chi connectivity index (χ2n) is 4.10. The van der Waals surface area contributed by atoms with Crippen LogP contribution in [-0.4, -0.2) is 34.6 Å². The Morgan fingerprint density at radius 2 is 2.44 bits per heavy atom. The molecule has 1 aliphatic rings. The van der Waals surface area contributed by atoms with E-state index in [1.807, 2.05) is 0 Å². The number of rotatable bonds is 4. The number of ether oxygens (including phenoxy) is 1. The standard InChI is InChI=1S/C11H14N2O4S/c1-6(11(15)16)13-9(14)8-5-12-10(18-8)7-3-2-4-17-7/h5-7H,2-4H2,1H3,(H,13,14)(H,15,16)/t6-,7?/m0/s1. The summed E-state index contributed by atoms with van der Waals surface area (Å²) in [4.78, 5) is 26.9. The van der Waals surface area contributed by atoms with Gasteiger partial charge in [-0.15, -0.1) is 11.3 Å². The number of aromatic nitrogens is 1. The molecule has 2 N–H and O–H groups in total. The molecular formula is C11H14N2O4S. The first-order valence-electron chi connectivity index (χ1n) is 5.69. The maximum atomic E-state index is 11.7. The number of nitrogens with zero attached hydrogens (tertiary/aromatic N) is 1. The fourth-order valence-corrected chi connectivity index (χ4v) is 2.55. The number of hydrogen-bond acceptors (Lipinski definition) is 5. The Morgan fingerprint density at radius 1 is 1.67 bits per heavy atom. The molecule has 2 atom stereocenters. The number of thiazole rings is 1. The summed E-state index contributed by atoms with van der Waals surface area (Å²) in [6, 6.07) is -0.911. The molecule has 7 heteroatoms. The Labute approximate surface area is 108 Å². The SMILES string of the molecule is C[C@H](NC(=O)c1cnc(C2CCCO2)s1)C(=O)O. The van der Waals surface area contributed by atoms with Crippen LogP contribution >= 0.6 is 11.3 Å². The summed E-state index contributed by atoms with van der Waals surface area (Å²) in [5.74, 6) is -1.47. The van der Waals surface area contributed by atoms with E-state index in [1.54, 1.807) is 0 Å². The van der Waals surface area contributed by atoms with Crippen LogP contribution in [0.15, 0.2) is 6.20 Å². The summed E-state index contributed by atoms with van der Waals surface area (Å²) < 4.78 is 5.47. The molecule has 0 aliphatic carbocycles. The van der Waals surface area contributed by atoms with Crippen LogP contribution < -0.4 is 5.32 Å². The minimum absolute atomic E-state index is 0.0200. The summed E-state index contributed by atoms with van der Waals surface area (Å²) in [5, 5.41) is 11.9. The van der Waals surface area contributed by atoms with Crippen molar-refractivity contribution in [3.8, 4) is 0 Å². The lowest BCUT2D eigenvalue weighted by molar-refractivity contribution is -0.138. The van der Waals surface area contributed by atoms with Crippen molar-refractivity contribution >= 4 is 23.2 Å². The van der Waals surface area contributed by atoms with E-state index < -0.39 is 17.9 Å². The first-order chi connectivity index (χ1) is 8.58. The average Bonchev–Trinajstić information content (AvgIpc) is 2.99. The van der Waals surface area contributed by atoms with E-state index in [0.717, 1.165) is 24.5 Å². The number of carboxylic acids is 1. The molecule has 0 bridgehead atoms. The molecule has 6 nitrogen and oxygen atoms in total. The van der Waals surface area contributed by atoms with Crippen LogP contribution in [-0.2, 0) is 9.53 Å². The molecule has 1 aromatic rings. The van der Waals surface area contributed by atoms with Gasteiger partial charge >= 0.3 is 5.97 Å². The summed E-state index contributed by atoms with van der Waals surface area (Å²) in [6.45, 7) is 2.14. The zero-order chi connectivity index (χ0) is 13.1. The molecule has 1 amide bonds. The summed E-state index contributed by atoms with van der Waals surface area (Å²) in [5.41, 5.74) is 0. The molecule has 2 heterocycles. The van der Waals surface area contributed by atoms with Gasteiger partial charge in [-0.05, 0) is 19.8 Å². The van der Waals surface area contributed by atoms with Gasteiger partial charge in [0.1, 0.15) is 22.0 Å². The second-order valence-corrected chi connectivity index (χ2v) is 5.16. The predicted molar refractivity (Wildman–Crippen MR) is 64.6 cm³/mol. The van der Waals surface area contributed by atoms with Gasteiger partial charge in [0.05, 0.1) is 6.20 Å². The minimum atomic E-state index is -1.06. The predicted octanol–water partition coefficient (Wildman–Crippen LogP) is 1.20. The largest absolute Gasteiger partial charge is 0.480 e. The third kappa shape index (κ3) is 2.85. The Bertz CT molecular complexity index is 454. The first-order valence-corrected chi connectivity index (χ1v) is 6.50. The Morgan fingerprint density at radius 3 is 3.06 bits per heavy atom. The molecule has 2 rings (SSSR count). The molecule has 0 saturated carbocycles. The highest BCUT2D eigenvalue weighted by Crippen LogP contribution is 2.31. The molecule has 1 aliphatic heterocycles. The summed E-state index contributed by atoms with van der Waals surface area (Å²) in [7, 11) is 0. The van der Waals surface area contributed by atoms with Gasteiger partial charge in [0.2, 0.25) is 0 Å². The Hall–Kier alpha value is -1.47. The molecule has 1 unspecified atom stereocenters. The fraction of sp³-hybridized carbons (Fsp3) is 0.545. The number of carbonyl (C=O) groups excluding carboxylic acids is 1. The van der Waals surface area contributed by atoms with Crippen LogP contribution in [0.25, 0.3) is 0 Å². The summed E-state index contributed by atoms with van der Waals surface area (Å²) in [6.07, 6.45) is 3.36. The van der Waals surface area contributed by atoms with E-state index in [1.165, 1.54) is 24.5 Å². The van der Waals surface area contributed by atoms with E-state index in [0.29, 0.717) is 4.88 Å². The van der Waals surface area contributed by atoms with Crippen LogP contribution in [0.1, 0.15) is 40.5 Å². The van der Waals surface area contributed by atoms with Gasteiger partial charge in [-0.2, -0.15) is 0 Å². The molecule has 98 valence electrons. The third-order valence-corrected chi connectivity index (χ3v) is 3.76. The number of amides is 1. The second kappa shape index (κ2) is 5.45. The first kappa shape index (κ1) is 13.0. The van der Waals surface area contributed by atoms with Crippen LogP contribution in [0, 0.1) is 0 Å². The number of nitrogens with one attached hydrogen (secondary N) is 1. The summed E-state index contributed by atoms with van der Waals surface area (Å²) >= 11 is 1.25. The van der Waals surface area contributed by atoms with Crippen molar-refractivity contribution in [3.63, 3.8) is 0 Å². The van der Waals surface area contributed by atoms with E-state index in [2.05, 4.69) is 10.3 Å². The van der Waals surface area contributed by atoms with Gasteiger partial charge in [0.25, 0.3) is 5.91 Å². The lowest BCUT2D eigenvalue weighted by atomic mass is 10.2. The molecule has 1 saturated heterocycles. The van der Waals surface area contributed by atoms with Gasteiger partial charge in [-0.25, -0.2) is 4.98 Å². The third-order valence-electron chi connectivity index (χ3n) is 2.67. The van der Waals surface area contributed by atoms with E-state index in [9.17, 15) is 9.59 Å². The molecule has 1 aromatic heterocycles. The lowest BCUT2D eigenvalue weighted by Crippen LogP contribution is -2.37. The van der Waals surface area contributed by atoms with Crippen molar-refractivity contribution in [1.82, 2.24) is 10.3 Å². The van der Waals surface area contributed by atoms with Crippen molar-refractivity contribution in [1.29, 1.82) is 0 Å². The number of aliphatic carboxylic acids is 1. The molecule has 0 radical (unpaired) electrons. The van der Waals surface area contributed by atoms with Crippen molar-refractivity contribution in [2.45, 2.75) is 31.9 Å². The average molecular weight is 270 g/mol. The molecule has 0 spiro atoms. The smallest absolute Gasteiger partial charge is 0.325 e. The van der Waals surface area contributed by atoms with E-state index in [4.69, 9.17) is 9.84 Å². The Kier molecular flexibility index (Phi) is 3.93. The molecule has 18 heavy (non-hydrogen) atoms. The monoisotopic (exact) mass is 270 g/mol. The highest BCUT2D eigenvalue weighted by molar-refractivity contribution is 7.13. The maximum Gasteiger partial charge on any atom is 0.325 e. The van der Waals surface area contributed by atoms with Crippen LogP contribution in [0.3, 0.4) is 0 Å². The highest BCUT2D eigenvalue weighted by Gasteiger charge is 2.23. The van der Waals surface area contributed by atoms with Crippen molar-refractivity contribution in [2.75, 3.05) is 6.61 Å². The zero-order valence-electron chi connectivity index (χ0n) is 9.88. The van der Waals surface area contributed by atoms with Gasteiger partial charge in [-0.3, -0.25) is 9.59 Å². The van der Waals surface area contributed by atoms with Crippen molar-refractivity contribution in [3.05, 3.63) is 16.1 Å². The number of carboxylic acid groups (broad SMARTS) is 1. The van der Waals surface area contributed by atoms with Gasteiger partial charge < -0.3 is 15.2 Å². The molecular weight excluding hydrogens is 256 g/mol. The number of carbonyl (C=O) groups is 2. The maximum absolute atomic E-state index is 11.7. The van der Waals surface area contributed by atoms with Crippen LogP contribution in [0.2, 0.25) is 0 Å². The topological polar surface area (TPSA) is 88.5 Å². The van der Waals surface area contributed by atoms with Crippen LogP contribution in [0.4, 0.5) is 0 Å². The van der Waals surface area contributed by atoms with Gasteiger partial charge in [0, 0.05) is 6.61 Å². The molecule has 0 aromatic carbocycles. The highest BCUT2D eigenvalue weighted by atomic mass is 32.1. The normalized spacial score (nSPS) is 20.6. The van der Waals surface area contributed by atoms with Crippen molar-refractivity contribution < 1.29 is 19.4 Å². The quantitative estimate of drug-likeness (QED) is 0.858. The molecule has 1 fully saturated rings. The van der Waals surface area contributed by atoms with E-state index in [-0.39, 0.29) is 6.10 Å². The van der Waals surface area contributed by atoms with Gasteiger partial charge in [0.15, 0.2) is 0 Å². The van der Waals surface area contributed by atoms with Crippen LogP contribution in [0.5, 0.6) is 0 Å². The zero-order valence-corrected chi connectivity index (χ0v) is 10.7.